The van der Waals surface area contributed by atoms with E-state index < -0.39 is 18.8 Å². The normalized spacial score (nSPS) is 27.1. The minimum Gasteiger partial charge on any atom is -0.391 e. The Balaban J connectivity index is 1.59. The Morgan fingerprint density at radius 1 is 1.25 bits per heavy atom. The number of rotatable bonds is 2. The van der Waals surface area contributed by atoms with Crippen molar-refractivity contribution in [2.24, 2.45) is 5.92 Å². The highest BCUT2D eigenvalue weighted by molar-refractivity contribution is 5.69. The van der Waals surface area contributed by atoms with E-state index in [1.165, 1.54) is 4.90 Å². The number of nitrogens with zero attached hydrogens (tertiary/aromatic N) is 3. The van der Waals surface area contributed by atoms with Crippen LogP contribution in [0.1, 0.15) is 18.0 Å². The Morgan fingerprint density at radius 3 is 2.79 bits per heavy atom. The Labute approximate surface area is 137 Å². The minimum atomic E-state index is -4.23. The maximum atomic E-state index is 12.6. The second-order valence-corrected chi connectivity index (χ2v) is 6.59. The molecule has 7 heteroatoms. The molecule has 24 heavy (non-hydrogen) atoms. The van der Waals surface area contributed by atoms with Crippen molar-refractivity contribution in [2.45, 2.75) is 24.7 Å². The molecular weight excluding hydrogens is 319 g/mol. The van der Waals surface area contributed by atoms with Crippen LogP contribution in [0.4, 0.5) is 13.2 Å². The molecule has 128 valence electrons. The van der Waals surface area contributed by atoms with Crippen molar-refractivity contribution in [1.29, 1.82) is 0 Å². The molecule has 0 amide bonds. The van der Waals surface area contributed by atoms with Gasteiger partial charge >= 0.3 is 6.18 Å². The first-order chi connectivity index (χ1) is 11.4. The van der Waals surface area contributed by atoms with E-state index in [0.29, 0.717) is 13.0 Å². The summed E-state index contributed by atoms with van der Waals surface area (Å²) in [6.07, 6.45) is -0.969. The van der Waals surface area contributed by atoms with E-state index in [4.69, 9.17) is 0 Å². The molecule has 2 aliphatic rings. The van der Waals surface area contributed by atoms with Gasteiger partial charge in [-0.2, -0.15) is 13.2 Å². The highest BCUT2D eigenvalue weighted by atomic mass is 19.4. The van der Waals surface area contributed by atoms with Crippen molar-refractivity contribution in [3.8, 4) is 11.3 Å². The summed E-state index contributed by atoms with van der Waals surface area (Å²) in [5.74, 6) is -0.119. The number of hydrogen-bond acceptors (Lipinski definition) is 3. The Bertz CT molecular complexity index is 743. The number of benzene rings is 1. The van der Waals surface area contributed by atoms with Gasteiger partial charge in [-0.15, -0.1) is 0 Å². The molecule has 1 aromatic carbocycles. The van der Waals surface area contributed by atoms with Gasteiger partial charge in [0.2, 0.25) is 0 Å². The molecule has 1 aromatic heterocycles. The van der Waals surface area contributed by atoms with E-state index in [2.05, 4.69) is 4.98 Å². The third-order valence-corrected chi connectivity index (χ3v) is 5.05. The summed E-state index contributed by atoms with van der Waals surface area (Å²) in [4.78, 5) is 5.49. The van der Waals surface area contributed by atoms with Crippen molar-refractivity contribution >= 4 is 0 Å². The number of likely N-dealkylation sites (tertiary alicyclic amines) is 1. The van der Waals surface area contributed by atoms with Gasteiger partial charge in [0.05, 0.1) is 36.9 Å². The average molecular weight is 337 g/mol. The fraction of sp³-hybridized carbons (Fsp3) is 0.471. The third-order valence-electron chi connectivity index (χ3n) is 5.05. The lowest BCUT2D eigenvalue weighted by Gasteiger charge is -2.39. The highest BCUT2D eigenvalue weighted by Gasteiger charge is 2.42. The smallest absolute Gasteiger partial charge is 0.391 e. The van der Waals surface area contributed by atoms with Gasteiger partial charge in [-0.3, -0.25) is 4.90 Å². The minimum absolute atomic E-state index is 0.0485. The molecule has 0 aliphatic carbocycles. The third kappa shape index (κ3) is 2.61. The van der Waals surface area contributed by atoms with Crippen molar-refractivity contribution < 1.29 is 18.3 Å². The van der Waals surface area contributed by atoms with Crippen LogP contribution in [0.15, 0.2) is 36.8 Å². The topological polar surface area (TPSA) is 41.3 Å². The molecule has 0 bridgehead atoms. The standard InChI is InChI=1S/C17H18F3N3O/c18-17(19,20)9-22-6-5-13(15(24)8-22)16-12-4-2-1-3-11(12)14-7-21-10-23(14)16/h1-4,7,10,13,15-16,24H,5-6,8-9H2/t13-,15-,16-/m1/s1. The predicted molar refractivity (Wildman–Crippen MR) is 82.4 cm³/mol. The lowest BCUT2D eigenvalue weighted by molar-refractivity contribution is -0.154. The largest absolute Gasteiger partial charge is 0.401 e. The van der Waals surface area contributed by atoms with Crippen LogP contribution in [-0.4, -0.2) is 51.5 Å². The van der Waals surface area contributed by atoms with E-state index in [-0.39, 0.29) is 18.5 Å². The molecule has 4 nitrogen and oxygen atoms in total. The SMILES string of the molecule is O[C@@H]1CN(CC(F)(F)F)CC[C@H]1[C@H]1c2ccccc2-c2cncn21. The second kappa shape index (κ2) is 5.60. The first kappa shape index (κ1) is 15.7. The Kier molecular flexibility index (Phi) is 3.65. The molecule has 3 atom stereocenters. The number of aliphatic hydroxyl groups excluding tert-OH is 1. The summed E-state index contributed by atoms with van der Waals surface area (Å²) in [6, 6.07) is 7.90. The fourth-order valence-electron chi connectivity index (χ4n) is 4.09. The molecule has 1 saturated heterocycles. The van der Waals surface area contributed by atoms with Crippen LogP contribution in [0.3, 0.4) is 0 Å². The van der Waals surface area contributed by atoms with Crippen LogP contribution in [0.25, 0.3) is 11.3 Å². The van der Waals surface area contributed by atoms with Crippen molar-refractivity contribution in [1.82, 2.24) is 14.5 Å². The monoisotopic (exact) mass is 337 g/mol. The van der Waals surface area contributed by atoms with Gasteiger partial charge in [0.1, 0.15) is 0 Å². The average Bonchev–Trinajstić information content (AvgIpc) is 3.07. The fourth-order valence-corrected chi connectivity index (χ4v) is 4.09. The summed E-state index contributed by atoms with van der Waals surface area (Å²) in [6.45, 7) is -0.578. The molecule has 1 N–H and O–H groups in total. The number of hydrogen-bond donors (Lipinski definition) is 1. The molecule has 3 heterocycles. The van der Waals surface area contributed by atoms with Crippen LogP contribution >= 0.6 is 0 Å². The zero-order valence-corrected chi connectivity index (χ0v) is 12.9. The van der Waals surface area contributed by atoms with E-state index >= 15 is 0 Å². The number of alkyl halides is 3. The molecule has 1 fully saturated rings. The number of β-amino-alcohol motifs (C(OH)–C–C–N with tert-alkyl or cyclic N) is 1. The predicted octanol–water partition coefficient (Wildman–Crippen LogP) is 2.70. The summed E-state index contributed by atoms with van der Waals surface area (Å²) >= 11 is 0. The maximum absolute atomic E-state index is 12.6. The van der Waals surface area contributed by atoms with Crippen molar-refractivity contribution in [3.05, 3.63) is 42.4 Å². The highest BCUT2D eigenvalue weighted by Crippen LogP contribution is 2.45. The zero-order chi connectivity index (χ0) is 16.9. The van der Waals surface area contributed by atoms with Crippen molar-refractivity contribution in [2.75, 3.05) is 19.6 Å². The summed E-state index contributed by atoms with van der Waals surface area (Å²) in [5.41, 5.74) is 3.20. The van der Waals surface area contributed by atoms with Crippen LogP contribution in [0.5, 0.6) is 0 Å². The Morgan fingerprint density at radius 2 is 2.04 bits per heavy atom. The van der Waals surface area contributed by atoms with Crippen LogP contribution < -0.4 is 0 Å². The van der Waals surface area contributed by atoms with Crippen molar-refractivity contribution in [3.63, 3.8) is 0 Å². The van der Waals surface area contributed by atoms with Crippen LogP contribution in [0, 0.1) is 5.92 Å². The van der Waals surface area contributed by atoms with Gasteiger partial charge in [-0.1, -0.05) is 24.3 Å². The number of piperidine rings is 1. The zero-order valence-electron chi connectivity index (χ0n) is 12.9. The number of halogens is 3. The Hall–Kier alpha value is -1.86. The number of aliphatic hydroxyl groups is 1. The molecule has 2 aliphatic heterocycles. The number of fused-ring (bicyclic) bond motifs is 3. The van der Waals surface area contributed by atoms with E-state index in [0.717, 1.165) is 16.8 Å². The first-order valence-corrected chi connectivity index (χ1v) is 8.02. The van der Waals surface area contributed by atoms with E-state index in [1.54, 1.807) is 12.5 Å². The van der Waals surface area contributed by atoms with Gasteiger partial charge in [0.15, 0.2) is 0 Å². The quantitative estimate of drug-likeness (QED) is 0.916. The van der Waals surface area contributed by atoms with Crippen LogP contribution in [0.2, 0.25) is 0 Å². The molecule has 2 aromatic rings. The van der Waals surface area contributed by atoms with E-state index in [9.17, 15) is 18.3 Å². The van der Waals surface area contributed by atoms with E-state index in [1.807, 2.05) is 28.8 Å². The molecule has 4 rings (SSSR count). The number of aromatic nitrogens is 2. The van der Waals surface area contributed by atoms with Gasteiger partial charge < -0.3 is 9.67 Å². The van der Waals surface area contributed by atoms with Crippen LogP contribution in [-0.2, 0) is 0 Å². The van der Waals surface area contributed by atoms with Gasteiger partial charge in [-0.25, -0.2) is 4.98 Å². The second-order valence-electron chi connectivity index (χ2n) is 6.59. The maximum Gasteiger partial charge on any atom is 0.401 e. The van der Waals surface area contributed by atoms with Gasteiger partial charge in [0.25, 0.3) is 0 Å². The molecule has 0 radical (unpaired) electrons. The molecule has 0 unspecified atom stereocenters. The lowest BCUT2D eigenvalue weighted by atomic mass is 9.83. The molecular formula is C17H18F3N3O. The first-order valence-electron chi connectivity index (χ1n) is 8.02. The van der Waals surface area contributed by atoms with Gasteiger partial charge in [0, 0.05) is 18.0 Å². The lowest BCUT2D eigenvalue weighted by Crippen LogP contribution is -2.49. The summed E-state index contributed by atoms with van der Waals surface area (Å²) in [5, 5.41) is 10.5. The summed E-state index contributed by atoms with van der Waals surface area (Å²) < 4.78 is 39.8. The number of imidazole rings is 1. The molecule has 0 spiro atoms. The molecule has 0 saturated carbocycles. The summed E-state index contributed by atoms with van der Waals surface area (Å²) in [7, 11) is 0. The van der Waals surface area contributed by atoms with Gasteiger partial charge in [-0.05, 0) is 18.5 Å².